The first kappa shape index (κ1) is 24.1. The number of aromatic nitrogens is 1. The first-order valence-electron chi connectivity index (χ1n) is 10.1. The molecule has 1 N–H and O–H groups in total. The van der Waals surface area contributed by atoms with Crippen LogP contribution in [0.5, 0.6) is 17.2 Å². The van der Waals surface area contributed by atoms with Crippen molar-refractivity contribution in [1.82, 2.24) is 4.57 Å². The third-order valence-electron chi connectivity index (χ3n) is 5.20. The number of halogens is 4. The number of alkyl halides is 3. The van der Waals surface area contributed by atoms with Crippen molar-refractivity contribution in [3.05, 3.63) is 53.5 Å². The van der Waals surface area contributed by atoms with Crippen LogP contribution in [-0.4, -0.2) is 27.9 Å². The number of hydrogen-bond acceptors (Lipinski definition) is 5. The summed E-state index contributed by atoms with van der Waals surface area (Å²) in [6.45, 7) is 5.18. The lowest BCUT2D eigenvalue weighted by Gasteiger charge is -2.11. The van der Waals surface area contributed by atoms with Crippen LogP contribution in [0.25, 0.3) is 10.9 Å². The molecule has 0 saturated carbocycles. The summed E-state index contributed by atoms with van der Waals surface area (Å²) in [5.74, 6) is -3.80. The molecular weight excluding hydrogens is 446 g/mol. The molecule has 0 aliphatic carbocycles. The van der Waals surface area contributed by atoms with Crippen molar-refractivity contribution in [2.45, 2.75) is 40.0 Å². The summed E-state index contributed by atoms with van der Waals surface area (Å²) in [7, 11) is 0. The Labute approximate surface area is 186 Å². The summed E-state index contributed by atoms with van der Waals surface area (Å²) < 4.78 is 62.2. The van der Waals surface area contributed by atoms with Crippen LogP contribution < -0.4 is 9.47 Å². The van der Waals surface area contributed by atoms with Gasteiger partial charge in [-0.1, -0.05) is 20.3 Å². The maximum absolute atomic E-state index is 14.8. The monoisotopic (exact) mass is 467 g/mol. The van der Waals surface area contributed by atoms with Crippen LogP contribution in [0.15, 0.2) is 36.4 Å². The van der Waals surface area contributed by atoms with Crippen LogP contribution >= 0.6 is 0 Å². The third kappa shape index (κ3) is 5.10. The van der Waals surface area contributed by atoms with Gasteiger partial charge in [-0.3, -0.25) is 14.2 Å². The Hall–Kier alpha value is -3.56. The zero-order valence-corrected chi connectivity index (χ0v) is 18.0. The Morgan fingerprint density at radius 1 is 1.12 bits per heavy atom. The van der Waals surface area contributed by atoms with E-state index in [-0.39, 0.29) is 40.2 Å². The highest BCUT2D eigenvalue weighted by Crippen LogP contribution is 2.39. The number of rotatable bonds is 6. The number of esters is 1. The molecule has 0 aliphatic rings. The van der Waals surface area contributed by atoms with E-state index < -0.39 is 35.6 Å². The van der Waals surface area contributed by atoms with Crippen molar-refractivity contribution >= 4 is 22.8 Å². The Kier molecular flexibility index (Phi) is 6.66. The molecule has 0 radical (unpaired) electrons. The zero-order valence-electron chi connectivity index (χ0n) is 18.0. The summed E-state index contributed by atoms with van der Waals surface area (Å²) in [5.41, 5.74) is 0.0952. The maximum Gasteiger partial charge on any atom is 0.573 e. The largest absolute Gasteiger partial charge is 0.573 e. The third-order valence-corrected chi connectivity index (χ3v) is 5.20. The van der Waals surface area contributed by atoms with E-state index in [1.165, 1.54) is 13.0 Å². The van der Waals surface area contributed by atoms with E-state index in [1.54, 1.807) is 0 Å². The van der Waals surface area contributed by atoms with Crippen LogP contribution in [-0.2, 0) is 4.79 Å². The first-order chi connectivity index (χ1) is 15.4. The fourth-order valence-electron chi connectivity index (χ4n) is 3.32. The van der Waals surface area contributed by atoms with E-state index in [1.807, 2.05) is 13.8 Å². The fraction of sp³-hybridized carbons (Fsp3) is 0.304. The number of carbonyl (C=O) groups excluding carboxylic acids is 2. The van der Waals surface area contributed by atoms with Gasteiger partial charge in [-0.2, -0.15) is 0 Å². The normalized spacial score (nSPS) is 12.6. The summed E-state index contributed by atoms with van der Waals surface area (Å²) in [6, 6.07) is 6.53. The van der Waals surface area contributed by atoms with Gasteiger partial charge in [0.15, 0.2) is 17.3 Å². The molecule has 1 unspecified atom stereocenters. The second kappa shape index (κ2) is 9.13. The Balaban J connectivity index is 2.06. The van der Waals surface area contributed by atoms with Gasteiger partial charge >= 0.3 is 12.3 Å². The number of phenols is 1. The molecule has 0 saturated heterocycles. The van der Waals surface area contributed by atoms with E-state index in [2.05, 4.69) is 4.74 Å². The van der Waals surface area contributed by atoms with Gasteiger partial charge in [0.2, 0.25) is 0 Å². The smallest absolute Gasteiger partial charge is 0.505 e. The molecule has 10 heteroatoms. The van der Waals surface area contributed by atoms with Gasteiger partial charge in [-0.15, -0.1) is 13.2 Å². The summed E-state index contributed by atoms with van der Waals surface area (Å²) in [4.78, 5) is 25.5. The summed E-state index contributed by atoms with van der Waals surface area (Å²) >= 11 is 0. The first-order valence-corrected chi connectivity index (χ1v) is 10.1. The number of benzene rings is 2. The SMILES string of the molecule is CCC(C)CC(=O)Oc1c(C)n(C(=O)c2ccc(OC(F)(F)F)cc2)c2ccc(O)c(F)c12. The molecule has 1 heterocycles. The number of fused-ring (bicyclic) bond motifs is 1. The molecule has 0 aliphatic heterocycles. The Bertz CT molecular complexity index is 1200. The van der Waals surface area contributed by atoms with Crippen molar-refractivity contribution in [1.29, 1.82) is 0 Å². The lowest BCUT2D eigenvalue weighted by atomic mass is 10.1. The molecule has 6 nitrogen and oxygen atoms in total. The van der Waals surface area contributed by atoms with Gasteiger partial charge in [-0.05, 0) is 49.2 Å². The molecule has 1 aromatic heterocycles. The molecule has 0 bridgehead atoms. The summed E-state index contributed by atoms with van der Waals surface area (Å²) in [6.07, 6.45) is -4.10. The zero-order chi connectivity index (χ0) is 24.5. The topological polar surface area (TPSA) is 77.8 Å². The average molecular weight is 467 g/mol. The number of ether oxygens (including phenoxy) is 2. The predicted octanol–water partition coefficient (Wildman–Crippen LogP) is 5.72. The van der Waals surface area contributed by atoms with Gasteiger partial charge in [0.05, 0.1) is 16.6 Å². The molecule has 176 valence electrons. The number of aromatic hydroxyl groups is 1. The van der Waals surface area contributed by atoms with E-state index in [0.717, 1.165) is 41.3 Å². The van der Waals surface area contributed by atoms with Gasteiger partial charge in [-0.25, -0.2) is 4.39 Å². The highest BCUT2D eigenvalue weighted by atomic mass is 19.4. The second-order valence-corrected chi connectivity index (χ2v) is 7.61. The molecule has 2 aromatic carbocycles. The van der Waals surface area contributed by atoms with E-state index >= 15 is 0 Å². The highest BCUT2D eigenvalue weighted by Gasteiger charge is 2.31. The maximum atomic E-state index is 14.8. The van der Waals surface area contributed by atoms with Gasteiger partial charge in [0.1, 0.15) is 5.75 Å². The van der Waals surface area contributed by atoms with Crippen molar-refractivity contribution < 1.29 is 41.7 Å². The standard InChI is InChI=1S/C23H21F4NO5/c1-4-12(2)11-18(30)32-21-13(3)28(16-9-10-17(29)20(24)19(16)21)22(31)14-5-7-15(8-6-14)33-23(25,26)27/h5-10,12,29H,4,11H2,1-3H3. The van der Waals surface area contributed by atoms with Crippen LogP contribution in [0.1, 0.15) is 42.7 Å². The van der Waals surface area contributed by atoms with Crippen LogP contribution in [0.4, 0.5) is 17.6 Å². The van der Waals surface area contributed by atoms with Crippen molar-refractivity contribution in [2.75, 3.05) is 0 Å². The van der Waals surface area contributed by atoms with Gasteiger partial charge in [0.25, 0.3) is 5.91 Å². The van der Waals surface area contributed by atoms with E-state index in [4.69, 9.17) is 4.74 Å². The van der Waals surface area contributed by atoms with Crippen LogP contribution in [0.2, 0.25) is 0 Å². The molecule has 3 aromatic rings. The Morgan fingerprint density at radius 2 is 1.76 bits per heavy atom. The minimum Gasteiger partial charge on any atom is -0.505 e. The molecule has 0 amide bonds. The molecular formula is C23H21F4NO5. The average Bonchev–Trinajstić information content (AvgIpc) is 3.01. The minimum absolute atomic E-state index is 0.0171. The number of carbonyl (C=O) groups is 2. The van der Waals surface area contributed by atoms with Gasteiger partial charge in [0, 0.05) is 12.0 Å². The van der Waals surface area contributed by atoms with Crippen molar-refractivity contribution in [3.8, 4) is 17.2 Å². The molecule has 1 atom stereocenters. The van der Waals surface area contributed by atoms with Crippen molar-refractivity contribution in [3.63, 3.8) is 0 Å². The second-order valence-electron chi connectivity index (χ2n) is 7.61. The highest BCUT2D eigenvalue weighted by molar-refractivity contribution is 6.06. The molecule has 0 spiro atoms. The fourth-order valence-corrected chi connectivity index (χ4v) is 3.32. The lowest BCUT2D eigenvalue weighted by molar-refractivity contribution is -0.274. The van der Waals surface area contributed by atoms with E-state index in [9.17, 15) is 32.3 Å². The predicted molar refractivity (Wildman–Crippen MR) is 111 cm³/mol. The van der Waals surface area contributed by atoms with Crippen LogP contribution in [0.3, 0.4) is 0 Å². The van der Waals surface area contributed by atoms with Gasteiger partial charge < -0.3 is 14.6 Å². The van der Waals surface area contributed by atoms with Crippen molar-refractivity contribution in [2.24, 2.45) is 5.92 Å². The minimum atomic E-state index is -4.88. The Morgan fingerprint density at radius 3 is 2.33 bits per heavy atom. The molecule has 0 fully saturated rings. The van der Waals surface area contributed by atoms with E-state index in [0.29, 0.717) is 0 Å². The molecule has 3 rings (SSSR count). The quantitative estimate of drug-likeness (QED) is 0.371. The number of phenolic OH excluding ortho intramolecular Hbond substituents is 1. The lowest BCUT2D eigenvalue weighted by Crippen LogP contribution is -2.17. The summed E-state index contributed by atoms with van der Waals surface area (Å²) in [5, 5.41) is 9.57. The number of hydrogen-bond donors (Lipinski definition) is 1. The molecule has 33 heavy (non-hydrogen) atoms. The number of nitrogens with zero attached hydrogens (tertiary/aromatic N) is 1. The van der Waals surface area contributed by atoms with Crippen LogP contribution in [0, 0.1) is 18.7 Å².